The highest BCUT2D eigenvalue weighted by molar-refractivity contribution is 5.98. The Balaban J connectivity index is 1.68. The quantitative estimate of drug-likeness (QED) is 0.456. The van der Waals surface area contributed by atoms with E-state index in [0.29, 0.717) is 23.6 Å². The van der Waals surface area contributed by atoms with E-state index in [1.807, 2.05) is 80.6 Å². The van der Waals surface area contributed by atoms with Gasteiger partial charge in [-0.1, -0.05) is 92.2 Å². The highest BCUT2D eigenvalue weighted by atomic mass is 16.5. The third-order valence-electron chi connectivity index (χ3n) is 5.35. The van der Waals surface area contributed by atoms with Crippen LogP contribution >= 0.6 is 0 Å². The second-order valence-electron chi connectivity index (χ2n) is 7.81. The van der Waals surface area contributed by atoms with Crippen LogP contribution in [0, 0.1) is 12.8 Å². The minimum Gasteiger partial charge on any atom is -0.445 e. The Hall–Kier alpha value is -3.87. The number of carbonyl (C=O) groups is 2. The lowest BCUT2D eigenvalue weighted by atomic mass is 9.98. The molecule has 7 heteroatoms. The Labute approximate surface area is 193 Å². The van der Waals surface area contributed by atoms with Gasteiger partial charge in [-0.3, -0.25) is 4.79 Å². The fourth-order valence-corrected chi connectivity index (χ4v) is 3.18. The van der Waals surface area contributed by atoms with Gasteiger partial charge >= 0.3 is 6.09 Å². The second kappa shape index (κ2) is 11.7. The number of nitrogens with one attached hydrogen (secondary N) is 2. The number of aryl methyl sites for hydroxylation is 1. The van der Waals surface area contributed by atoms with E-state index < -0.39 is 12.1 Å². The van der Waals surface area contributed by atoms with E-state index in [0.717, 1.165) is 11.1 Å². The molecule has 0 aliphatic carbocycles. The predicted molar refractivity (Wildman–Crippen MR) is 128 cm³/mol. The Morgan fingerprint density at radius 2 is 1.73 bits per heavy atom. The van der Waals surface area contributed by atoms with Gasteiger partial charge in [0.05, 0.1) is 0 Å². The fraction of sp³-hybridized carbons (Fsp3) is 0.269. The lowest BCUT2D eigenvalue weighted by molar-refractivity contribution is -0.119. The molecule has 0 bridgehead atoms. The largest absolute Gasteiger partial charge is 0.445 e. The smallest absolute Gasteiger partial charge is 0.408 e. The van der Waals surface area contributed by atoms with Crippen molar-refractivity contribution < 1.29 is 18.8 Å². The van der Waals surface area contributed by atoms with E-state index in [1.54, 1.807) is 13.0 Å². The molecule has 2 aromatic carbocycles. The first-order valence-electron chi connectivity index (χ1n) is 11.0. The molecule has 0 saturated carbocycles. The van der Waals surface area contributed by atoms with Gasteiger partial charge in [-0.15, -0.1) is 0 Å². The molecule has 0 radical (unpaired) electrons. The molecule has 2 amide bonds. The van der Waals surface area contributed by atoms with E-state index in [9.17, 15) is 9.59 Å². The van der Waals surface area contributed by atoms with E-state index in [-0.39, 0.29) is 18.4 Å². The number of aromatic nitrogens is 1. The van der Waals surface area contributed by atoms with Gasteiger partial charge in [-0.05, 0) is 30.0 Å². The van der Waals surface area contributed by atoms with Crippen LogP contribution in [0.15, 0.2) is 65.2 Å². The maximum Gasteiger partial charge on any atom is 0.408 e. The Morgan fingerprint density at radius 3 is 2.39 bits per heavy atom. The number of nitrogens with zero attached hydrogens (tertiary/aromatic N) is 1. The van der Waals surface area contributed by atoms with Crippen LogP contribution in [0.4, 0.5) is 10.5 Å². The zero-order valence-corrected chi connectivity index (χ0v) is 19.1. The van der Waals surface area contributed by atoms with Crippen LogP contribution in [0.2, 0.25) is 0 Å². The number of hydrogen-bond donors (Lipinski definition) is 2. The molecule has 33 heavy (non-hydrogen) atoms. The van der Waals surface area contributed by atoms with Crippen molar-refractivity contribution in [3.63, 3.8) is 0 Å². The SMILES string of the molecule is CC[C@@H](C)[C@@H](NC(=O)OCc1ccccc1)C(=O)Nc1c(C)noc1/C=C/c1ccccc1. The van der Waals surface area contributed by atoms with Crippen LogP contribution in [0.25, 0.3) is 12.2 Å². The molecule has 2 atom stereocenters. The summed E-state index contributed by atoms with van der Waals surface area (Å²) < 4.78 is 10.7. The average Bonchev–Trinajstić information content (AvgIpc) is 3.19. The molecule has 1 heterocycles. The van der Waals surface area contributed by atoms with Crippen molar-refractivity contribution in [3.05, 3.63) is 83.2 Å². The first-order valence-corrected chi connectivity index (χ1v) is 11.0. The van der Waals surface area contributed by atoms with Gasteiger partial charge in [-0.2, -0.15) is 0 Å². The lowest BCUT2D eigenvalue weighted by Crippen LogP contribution is -2.48. The summed E-state index contributed by atoms with van der Waals surface area (Å²) >= 11 is 0. The van der Waals surface area contributed by atoms with Gasteiger partial charge in [0, 0.05) is 0 Å². The predicted octanol–water partition coefficient (Wildman–Crippen LogP) is 5.43. The van der Waals surface area contributed by atoms with Crippen molar-refractivity contribution in [3.8, 4) is 0 Å². The summed E-state index contributed by atoms with van der Waals surface area (Å²) in [6.45, 7) is 5.73. The zero-order chi connectivity index (χ0) is 23.6. The minimum absolute atomic E-state index is 0.113. The Bertz CT molecular complexity index is 1080. The summed E-state index contributed by atoms with van der Waals surface area (Å²) in [6.07, 6.45) is 3.68. The highest BCUT2D eigenvalue weighted by Gasteiger charge is 2.28. The van der Waals surface area contributed by atoms with Crippen molar-refractivity contribution >= 4 is 29.8 Å². The standard InChI is InChI=1S/C26H29N3O4/c1-4-18(2)23(28-26(31)32-17-21-13-9-6-10-14-21)25(30)27-24-19(3)29-33-22(24)16-15-20-11-7-5-8-12-20/h5-16,18,23H,4,17H2,1-3H3,(H,27,30)(H,28,31)/b16-15+/t18-,23-/m1/s1. The molecule has 0 saturated heterocycles. The lowest BCUT2D eigenvalue weighted by Gasteiger charge is -2.23. The summed E-state index contributed by atoms with van der Waals surface area (Å²) in [6, 6.07) is 18.3. The first kappa shape index (κ1) is 23.8. The number of ether oxygens (including phenoxy) is 1. The van der Waals surface area contributed by atoms with Crippen molar-refractivity contribution in [2.45, 2.75) is 39.8 Å². The van der Waals surface area contributed by atoms with E-state index in [4.69, 9.17) is 9.26 Å². The zero-order valence-electron chi connectivity index (χ0n) is 19.1. The van der Waals surface area contributed by atoms with Gasteiger partial charge in [-0.25, -0.2) is 4.79 Å². The topological polar surface area (TPSA) is 93.5 Å². The molecule has 2 N–H and O–H groups in total. The molecule has 0 unspecified atom stereocenters. The monoisotopic (exact) mass is 447 g/mol. The van der Waals surface area contributed by atoms with Crippen LogP contribution in [-0.4, -0.2) is 23.2 Å². The number of amides is 2. The summed E-state index contributed by atoms with van der Waals surface area (Å²) in [4.78, 5) is 25.5. The van der Waals surface area contributed by atoms with E-state index in [2.05, 4.69) is 15.8 Å². The maximum absolute atomic E-state index is 13.1. The molecule has 0 fully saturated rings. The van der Waals surface area contributed by atoms with Crippen molar-refractivity contribution in [1.29, 1.82) is 0 Å². The molecular formula is C26H29N3O4. The fourth-order valence-electron chi connectivity index (χ4n) is 3.18. The molecule has 1 aromatic heterocycles. The summed E-state index contributed by atoms with van der Waals surface area (Å²) in [7, 11) is 0. The van der Waals surface area contributed by atoms with Crippen LogP contribution < -0.4 is 10.6 Å². The number of carbonyl (C=O) groups excluding carboxylic acids is 2. The molecule has 172 valence electrons. The molecule has 0 aliphatic rings. The van der Waals surface area contributed by atoms with Gasteiger partial charge in [0.1, 0.15) is 24.0 Å². The summed E-state index contributed by atoms with van der Waals surface area (Å²) in [5.41, 5.74) is 2.88. The number of anilines is 1. The number of alkyl carbamates (subject to hydrolysis) is 1. The van der Waals surface area contributed by atoms with Crippen molar-refractivity contribution in [1.82, 2.24) is 10.5 Å². The molecule has 3 rings (SSSR count). The molecule has 0 aliphatic heterocycles. The third-order valence-corrected chi connectivity index (χ3v) is 5.35. The van der Waals surface area contributed by atoms with Crippen LogP contribution in [0.5, 0.6) is 0 Å². The molecule has 3 aromatic rings. The minimum atomic E-state index is -0.779. The Kier molecular flexibility index (Phi) is 8.41. The van der Waals surface area contributed by atoms with Crippen LogP contribution in [0.1, 0.15) is 42.8 Å². The normalized spacial score (nSPS) is 12.8. The van der Waals surface area contributed by atoms with Gasteiger partial charge in [0.25, 0.3) is 0 Å². The first-order chi connectivity index (χ1) is 16.0. The van der Waals surface area contributed by atoms with E-state index >= 15 is 0 Å². The maximum atomic E-state index is 13.1. The molecule has 7 nitrogen and oxygen atoms in total. The molecular weight excluding hydrogens is 418 g/mol. The van der Waals surface area contributed by atoms with Gasteiger partial charge < -0.3 is 19.9 Å². The Morgan fingerprint density at radius 1 is 1.06 bits per heavy atom. The summed E-state index contributed by atoms with van der Waals surface area (Å²) in [5.74, 6) is -0.0429. The van der Waals surface area contributed by atoms with Crippen LogP contribution in [-0.2, 0) is 16.1 Å². The van der Waals surface area contributed by atoms with Gasteiger partial charge in [0.15, 0.2) is 5.76 Å². The van der Waals surface area contributed by atoms with Gasteiger partial charge in [0.2, 0.25) is 5.91 Å². The van der Waals surface area contributed by atoms with E-state index in [1.165, 1.54) is 0 Å². The number of rotatable bonds is 9. The number of benzene rings is 2. The van der Waals surface area contributed by atoms with Crippen molar-refractivity contribution in [2.75, 3.05) is 5.32 Å². The third kappa shape index (κ3) is 6.80. The summed E-state index contributed by atoms with van der Waals surface area (Å²) in [5, 5.41) is 9.55. The highest BCUT2D eigenvalue weighted by Crippen LogP contribution is 2.23. The average molecular weight is 448 g/mol. The molecule has 0 spiro atoms. The second-order valence-corrected chi connectivity index (χ2v) is 7.81. The number of hydrogen-bond acceptors (Lipinski definition) is 5. The van der Waals surface area contributed by atoms with Crippen LogP contribution in [0.3, 0.4) is 0 Å². The van der Waals surface area contributed by atoms with Crippen molar-refractivity contribution in [2.24, 2.45) is 5.92 Å².